The number of nitrogens with zero attached hydrogens (tertiary/aromatic N) is 1. The van der Waals surface area contributed by atoms with Crippen LogP contribution in [-0.2, 0) is 9.47 Å². The molecule has 0 amide bonds. The Morgan fingerprint density at radius 1 is 0.417 bits per heavy atom. The smallest absolute Gasteiger partial charge is 0.102 e. The van der Waals surface area contributed by atoms with Gasteiger partial charge in [0.25, 0.3) is 0 Å². The average Bonchev–Trinajstić information content (AvgIpc) is 2.86. The first-order valence-electron chi connectivity index (χ1n) is 16.2. The molecule has 0 spiro atoms. The molecule has 0 fully saturated rings. The zero-order chi connectivity index (χ0) is 26.4. The Balaban J connectivity index is 3.24. The molecule has 0 aromatic rings. The highest BCUT2D eigenvalue weighted by molar-refractivity contribution is 7.99. The van der Waals surface area contributed by atoms with Crippen molar-refractivity contribution >= 4 is 11.8 Å². The van der Waals surface area contributed by atoms with Gasteiger partial charge in [-0.15, -0.1) is 0 Å². The van der Waals surface area contributed by atoms with E-state index < -0.39 is 0 Å². The van der Waals surface area contributed by atoms with Crippen LogP contribution in [0.15, 0.2) is 0 Å². The predicted molar refractivity (Wildman–Crippen MR) is 164 cm³/mol. The van der Waals surface area contributed by atoms with E-state index in [1.165, 1.54) is 141 Å². The number of quaternary nitrogens is 1. The first-order chi connectivity index (χ1) is 17.6. The molecule has 0 radical (unpaired) electrons. The molecule has 0 aromatic heterocycles. The number of ether oxygens (including phenoxy) is 2. The van der Waals surface area contributed by atoms with Gasteiger partial charge in [-0.3, -0.25) is 0 Å². The molecule has 0 aliphatic carbocycles. The summed E-state index contributed by atoms with van der Waals surface area (Å²) in [5.74, 6) is 2.42. The Morgan fingerprint density at radius 3 is 1.33 bits per heavy atom. The third-order valence-electron chi connectivity index (χ3n) is 7.34. The lowest BCUT2D eigenvalue weighted by atomic mass is 10.1. The van der Waals surface area contributed by atoms with Crippen molar-refractivity contribution in [3.8, 4) is 0 Å². The van der Waals surface area contributed by atoms with E-state index in [0.29, 0.717) is 0 Å². The fourth-order valence-corrected chi connectivity index (χ4v) is 5.53. The third kappa shape index (κ3) is 30.5. The van der Waals surface area contributed by atoms with Gasteiger partial charge in [-0.05, 0) is 25.0 Å². The molecular weight excluding hydrogens is 462 g/mol. The highest BCUT2D eigenvalue weighted by Crippen LogP contribution is 2.13. The molecule has 0 aromatic carbocycles. The summed E-state index contributed by atoms with van der Waals surface area (Å²) in [6, 6.07) is 0. The summed E-state index contributed by atoms with van der Waals surface area (Å²) in [6.07, 6.45) is 28.3. The molecule has 0 unspecified atom stereocenters. The lowest BCUT2D eigenvalue weighted by Crippen LogP contribution is -2.43. The number of thioether (sulfide) groups is 1. The number of rotatable bonds is 31. The third-order valence-corrected chi connectivity index (χ3v) is 8.38. The second-order valence-corrected chi connectivity index (χ2v) is 12.8. The molecule has 0 rings (SSSR count). The lowest BCUT2D eigenvalue weighted by Gasteiger charge is -2.29. The first-order valence-corrected chi connectivity index (χ1v) is 17.3. The quantitative estimate of drug-likeness (QED) is 0.0656. The van der Waals surface area contributed by atoms with E-state index in [9.17, 15) is 0 Å². The van der Waals surface area contributed by atoms with E-state index in [2.05, 4.69) is 39.7 Å². The minimum Gasteiger partial charge on any atom is -0.378 e. The molecule has 218 valence electrons. The van der Waals surface area contributed by atoms with E-state index >= 15 is 0 Å². The van der Waals surface area contributed by atoms with Crippen LogP contribution in [0.4, 0.5) is 0 Å². The number of hydrogen-bond donors (Lipinski definition) is 0. The Bertz CT molecular complexity index is 406. The van der Waals surface area contributed by atoms with Gasteiger partial charge in [0.05, 0.1) is 47.1 Å². The van der Waals surface area contributed by atoms with Crippen LogP contribution < -0.4 is 0 Å². The molecule has 4 heteroatoms. The largest absolute Gasteiger partial charge is 0.378 e. The maximum Gasteiger partial charge on any atom is 0.102 e. The fraction of sp³-hybridized carbons (Fsp3) is 1.00. The highest BCUT2D eigenvalue weighted by Gasteiger charge is 2.13. The van der Waals surface area contributed by atoms with Crippen LogP contribution in [0.5, 0.6) is 0 Å². The summed E-state index contributed by atoms with van der Waals surface area (Å²) in [5, 5.41) is 0. The molecule has 0 saturated carbocycles. The van der Waals surface area contributed by atoms with Gasteiger partial charge in [-0.25, -0.2) is 0 Å². The fourth-order valence-electron chi connectivity index (χ4n) is 4.68. The molecule has 0 aliphatic rings. The molecule has 0 atom stereocenters. The van der Waals surface area contributed by atoms with Gasteiger partial charge in [0, 0.05) is 5.75 Å². The summed E-state index contributed by atoms with van der Waals surface area (Å²) >= 11 is 2.05. The van der Waals surface area contributed by atoms with Gasteiger partial charge in [0.2, 0.25) is 0 Å². The van der Waals surface area contributed by atoms with E-state index in [0.717, 1.165) is 43.2 Å². The molecule has 0 N–H and O–H groups in total. The van der Waals surface area contributed by atoms with Crippen molar-refractivity contribution in [2.45, 2.75) is 142 Å². The zero-order valence-corrected chi connectivity index (χ0v) is 26.3. The Kier molecular flexibility index (Phi) is 30.0. The first kappa shape index (κ1) is 36.2. The zero-order valence-electron chi connectivity index (χ0n) is 25.5. The molecule has 0 bridgehead atoms. The van der Waals surface area contributed by atoms with Gasteiger partial charge in [-0.2, -0.15) is 11.8 Å². The summed E-state index contributed by atoms with van der Waals surface area (Å²) in [6.45, 7) is 10.2. The van der Waals surface area contributed by atoms with Crippen LogP contribution in [0.1, 0.15) is 142 Å². The SMILES string of the molecule is CCCCCCCCCCCCSCCOCCOCC[N+](C)(C)CCCCCCCCCCCC. The van der Waals surface area contributed by atoms with Crippen molar-refractivity contribution in [2.24, 2.45) is 0 Å². The molecular formula is C32H68NO2S+. The van der Waals surface area contributed by atoms with Gasteiger partial charge in [-0.1, -0.05) is 123 Å². The van der Waals surface area contributed by atoms with Crippen LogP contribution in [-0.4, -0.2) is 69.6 Å². The van der Waals surface area contributed by atoms with Crippen LogP contribution in [0, 0.1) is 0 Å². The second-order valence-electron chi connectivity index (χ2n) is 11.6. The molecule has 0 aliphatic heterocycles. The van der Waals surface area contributed by atoms with Crippen LogP contribution >= 0.6 is 11.8 Å². The van der Waals surface area contributed by atoms with E-state index in [4.69, 9.17) is 9.47 Å². The van der Waals surface area contributed by atoms with Crippen LogP contribution in [0.2, 0.25) is 0 Å². The van der Waals surface area contributed by atoms with Crippen LogP contribution in [0.25, 0.3) is 0 Å². The van der Waals surface area contributed by atoms with Crippen molar-refractivity contribution in [3.05, 3.63) is 0 Å². The van der Waals surface area contributed by atoms with Crippen molar-refractivity contribution in [1.29, 1.82) is 0 Å². The summed E-state index contributed by atoms with van der Waals surface area (Å²) < 4.78 is 12.7. The van der Waals surface area contributed by atoms with E-state index in [1.807, 2.05) is 0 Å². The normalized spacial score (nSPS) is 12.0. The van der Waals surface area contributed by atoms with E-state index in [1.54, 1.807) is 0 Å². The van der Waals surface area contributed by atoms with Gasteiger partial charge >= 0.3 is 0 Å². The van der Waals surface area contributed by atoms with Gasteiger partial charge in [0.1, 0.15) is 6.54 Å². The average molecular weight is 531 g/mol. The minimum absolute atomic E-state index is 0.737. The molecule has 0 heterocycles. The van der Waals surface area contributed by atoms with Crippen molar-refractivity contribution in [2.75, 3.05) is 65.1 Å². The minimum atomic E-state index is 0.737. The standard InChI is InChI=1S/C32H68NO2S/c1-5-7-9-11-13-15-17-19-21-23-25-33(3,4)26-27-34-28-29-35-30-32-36-31-24-22-20-18-16-14-12-10-8-6-2/h5-32H2,1-4H3/q+1. The number of likely N-dealkylation sites (N-methyl/N-ethyl adjacent to an activating group) is 1. The Labute approximate surface area is 232 Å². The summed E-state index contributed by atoms with van der Waals surface area (Å²) in [5.41, 5.74) is 0. The van der Waals surface area contributed by atoms with Gasteiger partial charge < -0.3 is 14.0 Å². The lowest BCUT2D eigenvalue weighted by molar-refractivity contribution is -0.891. The predicted octanol–water partition coefficient (Wildman–Crippen LogP) is 9.67. The van der Waals surface area contributed by atoms with Gasteiger partial charge in [0.15, 0.2) is 0 Å². The second kappa shape index (κ2) is 29.8. The summed E-state index contributed by atoms with van der Waals surface area (Å²) in [7, 11) is 4.69. The van der Waals surface area contributed by atoms with Crippen molar-refractivity contribution < 1.29 is 14.0 Å². The molecule has 3 nitrogen and oxygen atoms in total. The van der Waals surface area contributed by atoms with Crippen molar-refractivity contribution in [3.63, 3.8) is 0 Å². The number of hydrogen-bond acceptors (Lipinski definition) is 3. The van der Waals surface area contributed by atoms with E-state index in [-0.39, 0.29) is 0 Å². The molecule has 36 heavy (non-hydrogen) atoms. The Morgan fingerprint density at radius 2 is 0.833 bits per heavy atom. The highest BCUT2D eigenvalue weighted by atomic mass is 32.2. The van der Waals surface area contributed by atoms with Crippen LogP contribution in [0.3, 0.4) is 0 Å². The maximum atomic E-state index is 5.84. The monoisotopic (exact) mass is 530 g/mol. The topological polar surface area (TPSA) is 18.5 Å². The maximum absolute atomic E-state index is 5.84. The molecule has 0 saturated heterocycles. The van der Waals surface area contributed by atoms with Crippen molar-refractivity contribution in [1.82, 2.24) is 0 Å². The Hall–Kier alpha value is 0.230. The number of unbranched alkanes of at least 4 members (excludes halogenated alkanes) is 18. The summed E-state index contributed by atoms with van der Waals surface area (Å²) in [4.78, 5) is 0.